The molecular weight excluding hydrogens is 186 g/mol. The van der Waals surface area contributed by atoms with Crippen LogP contribution < -0.4 is 0 Å². The second-order valence-electron chi connectivity index (χ2n) is 3.83. The van der Waals surface area contributed by atoms with E-state index < -0.39 is 0 Å². The Bertz CT molecular complexity index is 369. The van der Waals surface area contributed by atoms with E-state index in [1.807, 2.05) is 30.1 Å². The summed E-state index contributed by atoms with van der Waals surface area (Å²) in [5, 5.41) is 0. The third-order valence-corrected chi connectivity index (χ3v) is 2.79. The zero-order valence-electron chi connectivity index (χ0n) is 8.89. The topological polar surface area (TPSA) is 20.3 Å². The Labute approximate surface area is 90.2 Å². The molecule has 1 aliphatic rings. The lowest BCUT2D eigenvalue weighted by Crippen LogP contribution is -2.28. The van der Waals surface area contributed by atoms with Gasteiger partial charge >= 0.3 is 0 Å². The van der Waals surface area contributed by atoms with Gasteiger partial charge in [0.25, 0.3) is 0 Å². The minimum Gasteiger partial charge on any atom is -0.335 e. The summed E-state index contributed by atoms with van der Waals surface area (Å²) in [6.45, 7) is 0. The number of nitrogens with zero attached hydrogens (tertiary/aromatic N) is 1. The molecular formula is C13H15NO. The van der Waals surface area contributed by atoms with Crippen molar-refractivity contribution in [1.82, 2.24) is 4.90 Å². The number of amides is 1. The lowest BCUT2D eigenvalue weighted by atomic mass is 10.1. The van der Waals surface area contributed by atoms with Gasteiger partial charge in [-0.1, -0.05) is 42.5 Å². The molecule has 1 aromatic rings. The zero-order chi connectivity index (χ0) is 10.7. The van der Waals surface area contributed by atoms with Gasteiger partial charge < -0.3 is 4.90 Å². The van der Waals surface area contributed by atoms with Crippen LogP contribution in [0.4, 0.5) is 0 Å². The number of rotatable bonds is 1. The lowest BCUT2D eigenvalue weighted by molar-refractivity contribution is -0.130. The van der Waals surface area contributed by atoms with Crippen LogP contribution in [0.15, 0.2) is 42.5 Å². The molecule has 1 aliphatic heterocycles. The van der Waals surface area contributed by atoms with Gasteiger partial charge in [0.15, 0.2) is 0 Å². The molecule has 78 valence electrons. The molecule has 0 saturated heterocycles. The summed E-state index contributed by atoms with van der Waals surface area (Å²) in [7, 11) is 1.87. The number of likely N-dealkylation sites (N-methyl/N-ethyl adjacent to an activating group) is 1. The second kappa shape index (κ2) is 4.30. The van der Waals surface area contributed by atoms with Crippen molar-refractivity contribution in [3.8, 4) is 0 Å². The van der Waals surface area contributed by atoms with Crippen LogP contribution in [-0.2, 0) is 4.79 Å². The highest BCUT2D eigenvalue weighted by Crippen LogP contribution is 2.24. The fourth-order valence-electron chi connectivity index (χ4n) is 1.88. The molecule has 0 aliphatic carbocycles. The first-order valence-corrected chi connectivity index (χ1v) is 5.26. The summed E-state index contributed by atoms with van der Waals surface area (Å²) >= 11 is 0. The Morgan fingerprint density at radius 1 is 1.27 bits per heavy atom. The summed E-state index contributed by atoms with van der Waals surface area (Å²) in [5.41, 5.74) is 1.17. The second-order valence-corrected chi connectivity index (χ2v) is 3.83. The standard InChI is InChI=1S/C13H15NO/c1-14-12(9-5-6-10-13(14)15)11-7-3-2-4-8-11/h2-5,7-9,12H,6,10H2,1H3. The van der Waals surface area contributed by atoms with Gasteiger partial charge in [0.05, 0.1) is 6.04 Å². The molecule has 0 spiro atoms. The Hall–Kier alpha value is -1.57. The Morgan fingerprint density at radius 3 is 2.73 bits per heavy atom. The van der Waals surface area contributed by atoms with E-state index >= 15 is 0 Å². The number of benzene rings is 1. The predicted molar refractivity (Wildman–Crippen MR) is 60.3 cm³/mol. The van der Waals surface area contributed by atoms with Crippen LogP contribution in [0.25, 0.3) is 0 Å². The number of hydrogen-bond donors (Lipinski definition) is 0. The Morgan fingerprint density at radius 2 is 2.00 bits per heavy atom. The molecule has 1 aromatic carbocycles. The van der Waals surface area contributed by atoms with Crippen LogP contribution in [-0.4, -0.2) is 17.9 Å². The van der Waals surface area contributed by atoms with E-state index in [0.29, 0.717) is 6.42 Å². The van der Waals surface area contributed by atoms with Gasteiger partial charge in [0.2, 0.25) is 5.91 Å². The highest BCUT2D eigenvalue weighted by atomic mass is 16.2. The quantitative estimate of drug-likeness (QED) is 0.639. The third kappa shape index (κ3) is 2.09. The number of hydrogen-bond acceptors (Lipinski definition) is 1. The number of allylic oxidation sites excluding steroid dienone is 1. The maximum Gasteiger partial charge on any atom is 0.223 e. The first-order valence-electron chi connectivity index (χ1n) is 5.26. The van der Waals surface area contributed by atoms with Gasteiger partial charge in [0.1, 0.15) is 0 Å². The van der Waals surface area contributed by atoms with Crippen LogP contribution >= 0.6 is 0 Å². The summed E-state index contributed by atoms with van der Waals surface area (Å²) < 4.78 is 0. The van der Waals surface area contributed by atoms with Crippen LogP contribution in [0, 0.1) is 0 Å². The van der Waals surface area contributed by atoms with Crippen LogP contribution in [0.2, 0.25) is 0 Å². The van der Waals surface area contributed by atoms with Gasteiger partial charge in [-0.3, -0.25) is 4.79 Å². The molecule has 1 amide bonds. The van der Waals surface area contributed by atoms with E-state index in [0.717, 1.165) is 6.42 Å². The Balaban J connectivity index is 2.30. The van der Waals surface area contributed by atoms with Crippen molar-refractivity contribution >= 4 is 5.91 Å². The van der Waals surface area contributed by atoms with Gasteiger partial charge in [-0.25, -0.2) is 0 Å². The SMILES string of the molecule is CN1C(=O)CCC=CC1c1ccccc1. The molecule has 2 rings (SSSR count). The van der Waals surface area contributed by atoms with Crippen molar-refractivity contribution in [1.29, 1.82) is 0 Å². The van der Waals surface area contributed by atoms with E-state index in [9.17, 15) is 4.79 Å². The molecule has 0 N–H and O–H groups in total. The molecule has 2 nitrogen and oxygen atoms in total. The van der Waals surface area contributed by atoms with Gasteiger partial charge in [-0.2, -0.15) is 0 Å². The van der Waals surface area contributed by atoms with Gasteiger partial charge in [0, 0.05) is 13.5 Å². The largest absolute Gasteiger partial charge is 0.335 e. The van der Waals surface area contributed by atoms with E-state index in [2.05, 4.69) is 24.3 Å². The van der Waals surface area contributed by atoms with Crippen molar-refractivity contribution in [3.63, 3.8) is 0 Å². The molecule has 0 aromatic heterocycles. The summed E-state index contributed by atoms with van der Waals surface area (Å²) in [6, 6.07) is 10.2. The fraction of sp³-hybridized carbons (Fsp3) is 0.308. The summed E-state index contributed by atoms with van der Waals surface area (Å²) in [4.78, 5) is 13.5. The van der Waals surface area contributed by atoms with Gasteiger partial charge in [-0.05, 0) is 12.0 Å². The summed E-state index contributed by atoms with van der Waals surface area (Å²) in [5.74, 6) is 0.217. The van der Waals surface area contributed by atoms with Crippen LogP contribution in [0.5, 0.6) is 0 Å². The molecule has 0 saturated carbocycles. The molecule has 2 heteroatoms. The molecule has 0 radical (unpaired) electrons. The third-order valence-electron chi connectivity index (χ3n) is 2.79. The molecule has 0 bridgehead atoms. The number of carbonyl (C=O) groups excluding carboxylic acids is 1. The normalized spacial score (nSPS) is 21.5. The fourth-order valence-corrected chi connectivity index (χ4v) is 1.88. The van der Waals surface area contributed by atoms with E-state index in [1.54, 1.807) is 0 Å². The molecule has 1 atom stereocenters. The predicted octanol–water partition coefficient (Wildman–Crippen LogP) is 2.54. The first-order chi connectivity index (χ1) is 7.29. The van der Waals surface area contributed by atoms with Crippen molar-refractivity contribution in [2.75, 3.05) is 7.05 Å². The molecule has 0 fully saturated rings. The van der Waals surface area contributed by atoms with Gasteiger partial charge in [-0.15, -0.1) is 0 Å². The van der Waals surface area contributed by atoms with Crippen LogP contribution in [0.3, 0.4) is 0 Å². The van der Waals surface area contributed by atoms with Crippen molar-refractivity contribution in [2.45, 2.75) is 18.9 Å². The highest BCUT2D eigenvalue weighted by molar-refractivity contribution is 5.77. The van der Waals surface area contributed by atoms with E-state index in [4.69, 9.17) is 0 Å². The van der Waals surface area contributed by atoms with Crippen molar-refractivity contribution in [3.05, 3.63) is 48.0 Å². The van der Waals surface area contributed by atoms with E-state index in [-0.39, 0.29) is 11.9 Å². The van der Waals surface area contributed by atoms with Crippen LogP contribution in [0.1, 0.15) is 24.4 Å². The minimum atomic E-state index is 0.0983. The van der Waals surface area contributed by atoms with Crippen molar-refractivity contribution in [2.24, 2.45) is 0 Å². The summed E-state index contributed by atoms with van der Waals surface area (Å²) in [6.07, 6.45) is 5.68. The minimum absolute atomic E-state index is 0.0983. The average Bonchev–Trinajstić information content (AvgIpc) is 2.44. The lowest BCUT2D eigenvalue weighted by Gasteiger charge is -2.24. The first kappa shape index (κ1) is 9.97. The van der Waals surface area contributed by atoms with Crippen molar-refractivity contribution < 1.29 is 4.79 Å². The molecule has 1 unspecified atom stereocenters. The molecule has 1 heterocycles. The van der Waals surface area contributed by atoms with E-state index in [1.165, 1.54) is 5.56 Å². The monoisotopic (exact) mass is 201 g/mol. The maximum atomic E-state index is 11.7. The Kier molecular flexibility index (Phi) is 2.86. The zero-order valence-corrected chi connectivity index (χ0v) is 8.89. The maximum absolute atomic E-state index is 11.7. The highest BCUT2D eigenvalue weighted by Gasteiger charge is 2.20. The average molecular weight is 201 g/mol. The number of carbonyl (C=O) groups is 1. The smallest absolute Gasteiger partial charge is 0.223 e. The molecule has 15 heavy (non-hydrogen) atoms.